The van der Waals surface area contributed by atoms with E-state index < -0.39 is 26.7 Å². The van der Waals surface area contributed by atoms with Gasteiger partial charge in [0.15, 0.2) is 0 Å². The predicted octanol–water partition coefficient (Wildman–Crippen LogP) is 3.86. The van der Waals surface area contributed by atoms with Crippen LogP contribution < -0.4 is 14.4 Å². The quantitative estimate of drug-likeness (QED) is 0.568. The topological polar surface area (TPSA) is 61.9 Å². The van der Waals surface area contributed by atoms with E-state index in [9.17, 15) is 21.6 Å². The Hall–Kier alpha value is -2.01. The maximum Gasteiger partial charge on any atom is 0.417 e. The highest BCUT2D eigenvalue weighted by molar-refractivity contribution is 7.89. The van der Waals surface area contributed by atoms with Crippen LogP contribution in [-0.2, 0) is 16.2 Å². The van der Waals surface area contributed by atoms with E-state index in [1.54, 1.807) is 7.11 Å². The zero-order valence-electron chi connectivity index (χ0n) is 17.5. The Labute approximate surface area is 191 Å². The second-order valence-corrected chi connectivity index (χ2v) is 9.59. The van der Waals surface area contributed by atoms with Crippen molar-refractivity contribution >= 4 is 27.3 Å². The first-order valence-corrected chi connectivity index (χ1v) is 11.9. The summed E-state index contributed by atoms with van der Waals surface area (Å²) in [6.07, 6.45) is -4.34. The number of hydrogen-bond donors (Lipinski definition) is 1. The van der Waals surface area contributed by atoms with E-state index in [0.717, 1.165) is 49.7 Å². The molecule has 1 saturated heterocycles. The standard InChI is InChI=1S/C21H25ClF3N3O3S/c1-31-18-6-4-17(5-7-18)28-13-11-27(12-14-28)10-2-9-26-32(29,30)20-8-3-16(22)15-19(20)21(23,24)25/h3-8,15,26H,2,9-14H2,1H3. The van der Waals surface area contributed by atoms with Gasteiger partial charge in [-0.25, -0.2) is 13.1 Å². The lowest BCUT2D eigenvalue weighted by molar-refractivity contribution is -0.139. The number of nitrogens with one attached hydrogen (secondary N) is 1. The molecule has 0 radical (unpaired) electrons. The number of ether oxygens (including phenoxy) is 1. The third-order valence-corrected chi connectivity index (χ3v) is 7.04. The van der Waals surface area contributed by atoms with Crippen molar-refractivity contribution in [2.24, 2.45) is 0 Å². The molecule has 0 bridgehead atoms. The third-order valence-electron chi connectivity index (χ3n) is 5.29. The van der Waals surface area contributed by atoms with Gasteiger partial charge in [-0.2, -0.15) is 13.2 Å². The number of rotatable bonds is 8. The molecular weight excluding hydrogens is 467 g/mol. The van der Waals surface area contributed by atoms with E-state index in [-0.39, 0.29) is 11.6 Å². The molecule has 0 atom stereocenters. The average Bonchev–Trinajstić information content (AvgIpc) is 2.76. The summed E-state index contributed by atoms with van der Waals surface area (Å²) in [5.74, 6) is 0.802. The highest BCUT2D eigenvalue weighted by atomic mass is 35.5. The second-order valence-electron chi connectivity index (χ2n) is 7.42. The molecular formula is C21H25ClF3N3O3S. The first-order valence-electron chi connectivity index (χ1n) is 10.1. The van der Waals surface area contributed by atoms with E-state index in [1.165, 1.54) is 0 Å². The Bertz CT molecular complexity index is 1010. The molecule has 0 saturated carbocycles. The van der Waals surface area contributed by atoms with Crippen molar-refractivity contribution in [1.29, 1.82) is 0 Å². The Morgan fingerprint density at radius 3 is 2.31 bits per heavy atom. The molecule has 6 nitrogen and oxygen atoms in total. The van der Waals surface area contributed by atoms with Crippen molar-refractivity contribution in [1.82, 2.24) is 9.62 Å². The summed E-state index contributed by atoms with van der Waals surface area (Å²) < 4.78 is 71.9. The smallest absolute Gasteiger partial charge is 0.417 e. The summed E-state index contributed by atoms with van der Waals surface area (Å²) in [6, 6.07) is 10.5. The van der Waals surface area contributed by atoms with Gasteiger partial charge in [0.2, 0.25) is 10.0 Å². The first kappa shape index (κ1) is 24.6. The predicted molar refractivity (Wildman–Crippen MR) is 118 cm³/mol. The number of methoxy groups -OCH3 is 1. The number of benzene rings is 2. The fourth-order valence-electron chi connectivity index (χ4n) is 3.57. The number of nitrogens with zero attached hydrogens (tertiary/aromatic N) is 2. The summed E-state index contributed by atoms with van der Waals surface area (Å²) in [4.78, 5) is 3.65. The van der Waals surface area contributed by atoms with Gasteiger partial charge in [-0.15, -0.1) is 0 Å². The summed E-state index contributed by atoms with van der Waals surface area (Å²) in [5, 5.41) is -0.176. The molecule has 1 aliphatic rings. The van der Waals surface area contributed by atoms with E-state index in [0.29, 0.717) is 19.0 Å². The molecule has 0 aliphatic carbocycles. The fraction of sp³-hybridized carbons (Fsp3) is 0.429. The summed E-state index contributed by atoms with van der Waals surface area (Å²) in [5.41, 5.74) is -0.159. The first-order chi connectivity index (χ1) is 15.1. The van der Waals surface area contributed by atoms with Crippen LogP contribution in [0.3, 0.4) is 0 Å². The minimum Gasteiger partial charge on any atom is -0.497 e. The van der Waals surface area contributed by atoms with Gasteiger partial charge in [0.1, 0.15) is 5.75 Å². The van der Waals surface area contributed by atoms with Crippen molar-refractivity contribution in [3.8, 4) is 5.75 Å². The Morgan fingerprint density at radius 2 is 1.72 bits per heavy atom. The number of anilines is 1. The lowest BCUT2D eigenvalue weighted by atomic mass is 10.2. The zero-order chi connectivity index (χ0) is 23.4. The van der Waals surface area contributed by atoms with Gasteiger partial charge in [-0.3, -0.25) is 4.90 Å². The Morgan fingerprint density at radius 1 is 1.06 bits per heavy atom. The van der Waals surface area contributed by atoms with Crippen LogP contribution in [0.2, 0.25) is 5.02 Å². The molecule has 1 heterocycles. The van der Waals surface area contributed by atoms with Gasteiger partial charge < -0.3 is 9.64 Å². The average molecular weight is 492 g/mol. The van der Waals surface area contributed by atoms with E-state index in [2.05, 4.69) is 14.5 Å². The normalized spacial score (nSPS) is 15.7. The molecule has 0 aromatic heterocycles. The molecule has 0 spiro atoms. The molecule has 11 heteroatoms. The number of alkyl halides is 3. The van der Waals surface area contributed by atoms with Crippen molar-refractivity contribution in [3.63, 3.8) is 0 Å². The van der Waals surface area contributed by atoms with Gasteiger partial charge in [0.05, 0.1) is 17.6 Å². The molecule has 0 unspecified atom stereocenters. The maximum atomic E-state index is 13.2. The van der Waals surface area contributed by atoms with E-state index in [4.69, 9.17) is 16.3 Å². The van der Waals surface area contributed by atoms with Crippen LogP contribution in [0, 0.1) is 0 Å². The van der Waals surface area contributed by atoms with Crippen LogP contribution in [-0.4, -0.2) is 59.7 Å². The summed E-state index contributed by atoms with van der Waals surface area (Å²) in [6.45, 7) is 3.98. The number of halogens is 4. The highest BCUT2D eigenvalue weighted by Gasteiger charge is 2.37. The van der Waals surface area contributed by atoms with Gasteiger partial charge in [-0.1, -0.05) is 11.6 Å². The molecule has 2 aromatic carbocycles. The van der Waals surface area contributed by atoms with Gasteiger partial charge in [-0.05, 0) is 55.4 Å². The fourth-order valence-corrected chi connectivity index (χ4v) is 5.02. The Balaban J connectivity index is 1.48. The zero-order valence-corrected chi connectivity index (χ0v) is 19.1. The molecule has 0 amide bonds. The largest absolute Gasteiger partial charge is 0.497 e. The molecule has 1 aliphatic heterocycles. The van der Waals surface area contributed by atoms with E-state index >= 15 is 0 Å². The van der Waals surface area contributed by atoms with Crippen molar-refractivity contribution in [2.45, 2.75) is 17.5 Å². The number of piperazine rings is 1. The van der Waals surface area contributed by atoms with E-state index in [1.807, 2.05) is 24.3 Å². The van der Waals surface area contributed by atoms with Crippen molar-refractivity contribution in [2.75, 3.05) is 51.3 Å². The van der Waals surface area contributed by atoms with Crippen molar-refractivity contribution in [3.05, 3.63) is 53.1 Å². The van der Waals surface area contributed by atoms with Crippen LogP contribution in [0.4, 0.5) is 18.9 Å². The number of sulfonamides is 1. The molecule has 32 heavy (non-hydrogen) atoms. The molecule has 2 aromatic rings. The minimum atomic E-state index is -4.82. The van der Waals surface area contributed by atoms with Crippen LogP contribution in [0.1, 0.15) is 12.0 Å². The molecule has 1 fully saturated rings. The van der Waals surface area contributed by atoms with Crippen LogP contribution in [0.25, 0.3) is 0 Å². The Kier molecular flexibility index (Phi) is 7.92. The van der Waals surface area contributed by atoms with Crippen LogP contribution in [0.15, 0.2) is 47.4 Å². The maximum absolute atomic E-state index is 13.2. The summed E-state index contributed by atoms with van der Waals surface area (Å²) in [7, 11) is -2.69. The monoisotopic (exact) mass is 491 g/mol. The minimum absolute atomic E-state index is 0.0426. The van der Waals surface area contributed by atoms with Crippen LogP contribution >= 0.6 is 11.6 Å². The van der Waals surface area contributed by atoms with Gasteiger partial charge in [0, 0.05) is 43.4 Å². The van der Waals surface area contributed by atoms with Crippen LogP contribution in [0.5, 0.6) is 5.75 Å². The van der Waals surface area contributed by atoms with Gasteiger partial charge >= 0.3 is 6.18 Å². The lowest BCUT2D eigenvalue weighted by Crippen LogP contribution is -2.47. The molecule has 3 rings (SSSR count). The highest BCUT2D eigenvalue weighted by Crippen LogP contribution is 2.35. The lowest BCUT2D eigenvalue weighted by Gasteiger charge is -2.36. The van der Waals surface area contributed by atoms with Gasteiger partial charge in [0.25, 0.3) is 0 Å². The number of hydrogen-bond acceptors (Lipinski definition) is 5. The van der Waals surface area contributed by atoms with Crippen molar-refractivity contribution < 1.29 is 26.3 Å². The summed E-state index contributed by atoms with van der Waals surface area (Å²) >= 11 is 5.62. The SMILES string of the molecule is COc1ccc(N2CCN(CCCNS(=O)(=O)c3ccc(Cl)cc3C(F)(F)F)CC2)cc1. The second kappa shape index (κ2) is 10.3. The third kappa shape index (κ3) is 6.28. The molecule has 176 valence electrons. The molecule has 1 N–H and O–H groups in total.